The molecule has 17 heavy (non-hydrogen) atoms. The Morgan fingerprint density at radius 1 is 1.24 bits per heavy atom. The van der Waals surface area contributed by atoms with E-state index in [4.69, 9.17) is 0 Å². The molecule has 6 nitrogen and oxygen atoms in total. The van der Waals surface area contributed by atoms with Crippen molar-refractivity contribution >= 4 is 9.84 Å². The van der Waals surface area contributed by atoms with Crippen molar-refractivity contribution in [3.63, 3.8) is 0 Å². The van der Waals surface area contributed by atoms with Crippen LogP contribution in [0.5, 0.6) is 0 Å². The smallest absolute Gasteiger partial charge is 0.174 e. The van der Waals surface area contributed by atoms with Crippen molar-refractivity contribution in [2.45, 2.75) is 12.2 Å². The van der Waals surface area contributed by atoms with Gasteiger partial charge in [0, 0.05) is 6.26 Å². The van der Waals surface area contributed by atoms with Crippen LogP contribution < -0.4 is 0 Å². The lowest BCUT2D eigenvalue weighted by Gasteiger charge is -2.09. The van der Waals surface area contributed by atoms with Gasteiger partial charge in [-0.15, -0.1) is 5.10 Å². The van der Waals surface area contributed by atoms with Crippen LogP contribution in [-0.4, -0.2) is 34.9 Å². The van der Waals surface area contributed by atoms with Crippen LogP contribution >= 0.6 is 0 Å². The van der Waals surface area contributed by atoms with Gasteiger partial charge in [0.15, 0.2) is 15.7 Å². The first kappa shape index (κ1) is 11.7. The van der Waals surface area contributed by atoms with Crippen molar-refractivity contribution in [3.8, 4) is 5.69 Å². The molecule has 0 aliphatic carbocycles. The Balaban J connectivity index is 2.50. The molecule has 2 aromatic rings. The molecule has 7 heteroatoms. The van der Waals surface area contributed by atoms with Gasteiger partial charge in [-0.2, -0.15) is 4.68 Å². The van der Waals surface area contributed by atoms with E-state index in [1.807, 2.05) is 30.3 Å². The van der Waals surface area contributed by atoms with Gasteiger partial charge in [0.2, 0.25) is 0 Å². The van der Waals surface area contributed by atoms with Crippen LogP contribution in [0.3, 0.4) is 0 Å². The maximum atomic E-state index is 11.5. The largest absolute Gasteiger partial charge is 0.228 e. The third kappa shape index (κ3) is 2.33. The number of tetrazole rings is 1. The fourth-order valence-corrected chi connectivity index (χ4v) is 1.92. The number of benzene rings is 1. The highest BCUT2D eigenvalue weighted by Crippen LogP contribution is 2.20. The second kappa shape index (κ2) is 4.25. The normalized spacial score (nSPS) is 13.5. The van der Waals surface area contributed by atoms with E-state index < -0.39 is 15.1 Å². The van der Waals surface area contributed by atoms with Gasteiger partial charge >= 0.3 is 0 Å². The number of hydrogen-bond acceptors (Lipinski definition) is 5. The second-order valence-electron chi connectivity index (χ2n) is 3.76. The van der Waals surface area contributed by atoms with Gasteiger partial charge < -0.3 is 0 Å². The SMILES string of the molecule is C[C@H](c1nnnn1-c1ccccc1)S(C)(=O)=O. The third-order valence-corrected chi connectivity index (χ3v) is 4.00. The predicted molar refractivity (Wildman–Crippen MR) is 62.4 cm³/mol. The first-order valence-electron chi connectivity index (χ1n) is 5.02. The molecular weight excluding hydrogens is 240 g/mol. The van der Waals surface area contributed by atoms with E-state index >= 15 is 0 Å². The monoisotopic (exact) mass is 252 g/mol. The summed E-state index contributed by atoms with van der Waals surface area (Å²) in [5.74, 6) is 0.318. The quantitative estimate of drug-likeness (QED) is 0.806. The summed E-state index contributed by atoms with van der Waals surface area (Å²) in [6, 6.07) is 9.18. The Hall–Kier alpha value is -1.76. The van der Waals surface area contributed by atoms with Gasteiger partial charge in [-0.25, -0.2) is 8.42 Å². The van der Waals surface area contributed by atoms with Crippen molar-refractivity contribution in [1.82, 2.24) is 20.2 Å². The summed E-state index contributed by atoms with van der Waals surface area (Å²) < 4.78 is 24.4. The minimum absolute atomic E-state index is 0.318. The summed E-state index contributed by atoms with van der Waals surface area (Å²) in [4.78, 5) is 0. The highest BCUT2D eigenvalue weighted by atomic mass is 32.2. The van der Waals surface area contributed by atoms with Crippen molar-refractivity contribution < 1.29 is 8.42 Å². The molecule has 1 aromatic carbocycles. The van der Waals surface area contributed by atoms with Gasteiger partial charge in [0.05, 0.1) is 5.69 Å². The molecule has 0 fully saturated rings. The molecule has 1 heterocycles. The maximum Gasteiger partial charge on any atom is 0.174 e. The van der Waals surface area contributed by atoms with E-state index in [0.717, 1.165) is 5.69 Å². The number of para-hydroxylation sites is 1. The molecule has 0 saturated heterocycles. The molecule has 2 rings (SSSR count). The lowest BCUT2D eigenvalue weighted by atomic mass is 10.3. The molecule has 0 spiro atoms. The molecule has 0 N–H and O–H groups in total. The van der Waals surface area contributed by atoms with Crippen molar-refractivity contribution in [1.29, 1.82) is 0 Å². The molecule has 0 aliphatic heterocycles. The van der Waals surface area contributed by atoms with Crippen LogP contribution in [0.4, 0.5) is 0 Å². The summed E-state index contributed by atoms with van der Waals surface area (Å²) in [5, 5.41) is 10.4. The minimum atomic E-state index is -3.22. The Morgan fingerprint density at radius 3 is 2.47 bits per heavy atom. The highest BCUT2D eigenvalue weighted by molar-refractivity contribution is 7.90. The molecule has 1 atom stereocenters. The lowest BCUT2D eigenvalue weighted by molar-refractivity contribution is 0.587. The Morgan fingerprint density at radius 2 is 1.88 bits per heavy atom. The molecule has 1 aromatic heterocycles. The van der Waals surface area contributed by atoms with Gasteiger partial charge in [-0.05, 0) is 29.5 Å². The number of hydrogen-bond donors (Lipinski definition) is 0. The molecule has 0 aliphatic rings. The van der Waals surface area contributed by atoms with E-state index in [9.17, 15) is 8.42 Å². The van der Waals surface area contributed by atoms with E-state index in [1.54, 1.807) is 6.92 Å². The molecule has 0 saturated carbocycles. The Bertz CT molecular complexity index is 606. The van der Waals surface area contributed by atoms with Crippen LogP contribution in [-0.2, 0) is 9.84 Å². The number of aromatic nitrogens is 4. The van der Waals surface area contributed by atoms with E-state index in [1.165, 1.54) is 10.9 Å². The number of nitrogens with zero attached hydrogens (tertiary/aromatic N) is 4. The molecule has 0 amide bonds. The lowest BCUT2D eigenvalue weighted by Crippen LogP contribution is -2.14. The van der Waals surface area contributed by atoms with Crippen LogP contribution in [0.15, 0.2) is 30.3 Å². The number of rotatable bonds is 3. The van der Waals surface area contributed by atoms with Crippen LogP contribution in [0.1, 0.15) is 18.0 Å². The summed E-state index contributed by atoms with van der Waals surface area (Å²) in [6.07, 6.45) is 1.17. The molecule has 90 valence electrons. The van der Waals surface area contributed by atoms with E-state index in [2.05, 4.69) is 15.5 Å². The van der Waals surface area contributed by atoms with Gasteiger partial charge in [0.1, 0.15) is 5.25 Å². The van der Waals surface area contributed by atoms with Crippen LogP contribution in [0, 0.1) is 0 Å². The zero-order chi connectivity index (χ0) is 12.5. The van der Waals surface area contributed by atoms with Gasteiger partial charge in [-0.1, -0.05) is 18.2 Å². The van der Waals surface area contributed by atoms with Crippen molar-refractivity contribution in [2.75, 3.05) is 6.26 Å². The van der Waals surface area contributed by atoms with E-state index in [0.29, 0.717) is 5.82 Å². The zero-order valence-electron chi connectivity index (χ0n) is 9.48. The Kier molecular flexibility index (Phi) is 2.93. The second-order valence-corrected chi connectivity index (χ2v) is 6.12. The molecule has 0 unspecified atom stereocenters. The Labute approximate surface area is 99.2 Å². The van der Waals surface area contributed by atoms with Crippen LogP contribution in [0.25, 0.3) is 5.69 Å². The minimum Gasteiger partial charge on any atom is -0.228 e. The highest BCUT2D eigenvalue weighted by Gasteiger charge is 2.24. The summed E-state index contributed by atoms with van der Waals surface area (Å²) in [7, 11) is -3.22. The first-order chi connectivity index (χ1) is 8.00. The van der Waals surface area contributed by atoms with Gasteiger partial charge in [0.25, 0.3) is 0 Å². The number of sulfone groups is 1. The topological polar surface area (TPSA) is 77.7 Å². The summed E-state index contributed by atoms with van der Waals surface area (Å²) in [6.45, 7) is 1.57. The van der Waals surface area contributed by atoms with E-state index in [-0.39, 0.29) is 0 Å². The summed E-state index contributed by atoms with van der Waals surface area (Å²) in [5.41, 5.74) is 0.739. The fourth-order valence-electron chi connectivity index (χ4n) is 1.39. The zero-order valence-corrected chi connectivity index (χ0v) is 10.3. The van der Waals surface area contributed by atoms with Crippen LogP contribution in [0.2, 0.25) is 0 Å². The van der Waals surface area contributed by atoms with Gasteiger partial charge in [-0.3, -0.25) is 0 Å². The fraction of sp³-hybridized carbons (Fsp3) is 0.300. The average Bonchev–Trinajstić information content (AvgIpc) is 2.76. The van der Waals surface area contributed by atoms with Crippen molar-refractivity contribution in [3.05, 3.63) is 36.2 Å². The maximum absolute atomic E-state index is 11.5. The standard InChI is InChI=1S/C10H12N4O2S/c1-8(17(2,15)16)10-11-12-13-14(10)9-6-4-3-5-7-9/h3-8H,1-2H3/t8-/m1/s1. The molecule has 0 radical (unpaired) electrons. The predicted octanol–water partition coefficient (Wildman–Crippen LogP) is 0.768. The molecular formula is C10H12N4O2S. The molecule has 0 bridgehead atoms. The van der Waals surface area contributed by atoms with Crippen molar-refractivity contribution in [2.24, 2.45) is 0 Å². The average molecular weight is 252 g/mol. The summed E-state index contributed by atoms with van der Waals surface area (Å²) >= 11 is 0. The first-order valence-corrected chi connectivity index (χ1v) is 6.98. The third-order valence-electron chi connectivity index (χ3n) is 2.50.